The van der Waals surface area contributed by atoms with Crippen LogP contribution in [-0.4, -0.2) is 0 Å². The number of nitrogens with zero attached hydrogens (tertiary/aromatic N) is 1. The van der Waals surface area contributed by atoms with Crippen LogP contribution in [-0.2, 0) is 11.8 Å². The first-order chi connectivity index (χ1) is 33.6. The summed E-state index contributed by atoms with van der Waals surface area (Å²) in [5.74, 6) is 0. The molecule has 2 aliphatic rings. The van der Waals surface area contributed by atoms with E-state index < -0.39 is 5.41 Å². The molecule has 12 rings (SSSR count). The fourth-order valence-corrected chi connectivity index (χ4v) is 10.7. The molecular formula is C65H49N3. The van der Waals surface area contributed by atoms with Crippen molar-refractivity contribution in [2.24, 2.45) is 5.73 Å². The van der Waals surface area contributed by atoms with Gasteiger partial charge in [0.25, 0.3) is 0 Å². The van der Waals surface area contributed by atoms with Gasteiger partial charge >= 0.3 is 0 Å². The van der Waals surface area contributed by atoms with Crippen LogP contribution in [0.5, 0.6) is 0 Å². The molecule has 1 heterocycles. The monoisotopic (exact) mass is 871 g/mol. The third kappa shape index (κ3) is 7.13. The van der Waals surface area contributed by atoms with Gasteiger partial charge in [0.1, 0.15) is 6.17 Å². The molecule has 1 aliphatic heterocycles. The average Bonchev–Trinajstić information content (AvgIpc) is 3.70. The van der Waals surface area contributed by atoms with Gasteiger partial charge in [0.05, 0.1) is 16.8 Å². The van der Waals surface area contributed by atoms with Gasteiger partial charge < -0.3 is 16.0 Å². The van der Waals surface area contributed by atoms with Crippen molar-refractivity contribution in [1.82, 2.24) is 5.32 Å². The largest absolute Gasteiger partial charge is 0.366 e. The summed E-state index contributed by atoms with van der Waals surface area (Å²) in [4.78, 5) is 2.44. The standard InChI is InChI=1S/C65H49N3/c66-64(52-39-35-47(36-40-52)46-18-6-2-7-19-46)67-61(43-28-45-16-4-1-5-17-45)51-37-33-49(34-38-51)48-29-31-50(32-30-48)53-41-42-56-55-22-10-11-23-57(55)65(60(56)44-53)58-24-12-14-26-62(58)68(54-20-8-3-9-21-54)63-27-15-13-25-59(63)65/h1-27,29-44,64,67H,28,66H2/b61-43-. The van der Waals surface area contributed by atoms with Crippen molar-refractivity contribution in [3.8, 4) is 44.5 Å². The second kappa shape index (κ2) is 17.4. The molecule has 0 fully saturated rings. The lowest BCUT2D eigenvalue weighted by Gasteiger charge is -2.45. The van der Waals surface area contributed by atoms with E-state index in [0.29, 0.717) is 0 Å². The minimum absolute atomic E-state index is 0.385. The Bertz CT molecular complexity index is 3380. The molecule has 1 spiro atoms. The Morgan fingerprint density at radius 3 is 1.51 bits per heavy atom. The highest BCUT2D eigenvalue weighted by atomic mass is 15.2. The number of fused-ring (bicyclic) bond motifs is 9. The molecule has 0 saturated carbocycles. The van der Waals surface area contributed by atoms with E-state index in [4.69, 9.17) is 5.73 Å². The van der Waals surface area contributed by atoms with Gasteiger partial charge in [-0.05, 0) is 120 Å². The molecule has 1 atom stereocenters. The quantitative estimate of drug-likeness (QED) is 0.135. The minimum atomic E-state index is -0.498. The summed E-state index contributed by atoms with van der Waals surface area (Å²) in [5.41, 5.74) is 29.2. The number of nitrogens with one attached hydrogen (secondary N) is 1. The van der Waals surface area contributed by atoms with Gasteiger partial charge in [0.2, 0.25) is 0 Å². The topological polar surface area (TPSA) is 41.3 Å². The van der Waals surface area contributed by atoms with E-state index in [2.05, 4.69) is 265 Å². The lowest BCUT2D eigenvalue weighted by atomic mass is 9.64. The van der Waals surface area contributed by atoms with Gasteiger partial charge in [0.15, 0.2) is 0 Å². The van der Waals surface area contributed by atoms with Crippen LogP contribution in [0.1, 0.15) is 45.1 Å². The molecule has 1 unspecified atom stereocenters. The fraction of sp³-hybridized carbons (Fsp3) is 0.0462. The van der Waals surface area contributed by atoms with E-state index in [0.717, 1.165) is 34.5 Å². The zero-order chi connectivity index (χ0) is 45.4. The molecule has 3 heteroatoms. The lowest BCUT2D eigenvalue weighted by molar-refractivity contribution is 0.666. The number of hydrogen-bond acceptors (Lipinski definition) is 3. The highest BCUT2D eigenvalue weighted by Gasteiger charge is 2.51. The van der Waals surface area contributed by atoms with Gasteiger partial charge in [-0.1, -0.05) is 231 Å². The van der Waals surface area contributed by atoms with Crippen molar-refractivity contribution in [2.45, 2.75) is 18.0 Å². The zero-order valence-corrected chi connectivity index (χ0v) is 37.6. The summed E-state index contributed by atoms with van der Waals surface area (Å²) >= 11 is 0. The van der Waals surface area contributed by atoms with Crippen LogP contribution in [0.2, 0.25) is 0 Å². The number of anilines is 3. The highest BCUT2D eigenvalue weighted by Crippen LogP contribution is 2.63. The molecule has 0 aromatic heterocycles. The van der Waals surface area contributed by atoms with E-state index in [1.807, 2.05) is 6.07 Å². The number of allylic oxidation sites excluding steroid dienone is 1. The predicted octanol–water partition coefficient (Wildman–Crippen LogP) is 15.7. The van der Waals surface area contributed by atoms with Gasteiger partial charge in [-0.3, -0.25) is 0 Å². The van der Waals surface area contributed by atoms with E-state index in [9.17, 15) is 0 Å². The van der Waals surface area contributed by atoms with Gasteiger partial charge in [0, 0.05) is 11.4 Å². The van der Waals surface area contributed by atoms with Crippen molar-refractivity contribution in [2.75, 3.05) is 4.90 Å². The Labute approximate surface area is 399 Å². The second-order valence-corrected chi connectivity index (χ2v) is 17.8. The molecule has 0 radical (unpaired) electrons. The van der Waals surface area contributed by atoms with E-state index in [-0.39, 0.29) is 6.17 Å². The number of hydrogen-bond donors (Lipinski definition) is 2. The fourth-order valence-electron chi connectivity index (χ4n) is 10.7. The lowest BCUT2D eigenvalue weighted by Crippen LogP contribution is -2.36. The van der Waals surface area contributed by atoms with E-state index in [1.54, 1.807) is 0 Å². The molecule has 324 valence electrons. The molecule has 10 aromatic carbocycles. The Kier molecular flexibility index (Phi) is 10.5. The van der Waals surface area contributed by atoms with Crippen LogP contribution in [0.3, 0.4) is 0 Å². The molecule has 10 aromatic rings. The summed E-state index contributed by atoms with van der Waals surface area (Å²) in [6.45, 7) is 0. The van der Waals surface area contributed by atoms with Crippen molar-refractivity contribution >= 4 is 22.8 Å². The van der Waals surface area contributed by atoms with E-state index in [1.165, 1.54) is 78.1 Å². The number of rotatable bonds is 10. The van der Waals surface area contributed by atoms with Crippen molar-refractivity contribution in [1.29, 1.82) is 0 Å². The first kappa shape index (κ1) is 41.0. The Balaban J connectivity index is 0.862. The molecule has 0 bridgehead atoms. The zero-order valence-electron chi connectivity index (χ0n) is 37.6. The number of para-hydroxylation sites is 3. The Hall–Kier alpha value is -8.50. The maximum Gasteiger partial charge on any atom is 0.101 e. The molecular weight excluding hydrogens is 823 g/mol. The van der Waals surface area contributed by atoms with Gasteiger partial charge in [-0.2, -0.15) is 0 Å². The van der Waals surface area contributed by atoms with Gasteiger partial charge in [-0.25, -0.2) is 0 Å². The third-order valence-electron chi connectivity index (χ3n) is 14.0. The molecule has 3 N–H and O–H groups in total. The molecule has 3 nitrogen and oxygen atoms in total. The van der Waals surface area contributed by atoms with Crippen LogP contribution in [0.25, 0.3) is 50.2 Å². The van der Waals surface area contributed by atoms with Crippen molar-refractivity contribution in [3.05, 3.63) is 300 Å². The number of benzene rings is 10. The van der Waals surface area contributed by atoms with Crippen molar-refractivity contribution in [3.63, 3.8) is 0 Å². The first-order valence-corrected chi connectivity index (χ1v) is 23.5. The van der Waals surface area contributed by atoms with Gasteiger partial charge in [-0.15, -0.1) is 0 Å². The third-order valence-corrected chi connectivity index (χ3v) is 14.0. The molecule has 0 saturated heterocycles. The minimum Gasteiger partial charge on any atom is -0.366 e. The Morgan fingerprint density at radius 1 is 0.426 bits per heavy atom. The normalized spacial score (nSPS) is 13.5. The summed E-state index contributed by atoms with van der Waals surface area (Å²) in [7, 11) is 0. The van der Waals surface area contributed by atoms with Crippen LogP contribution >= 0.6 is 0 Å². The SMILES string of the molecule is NC(N/C(=C\Cc1ccccc1)c1ccc(-c2ccc(-c3ccc4c(c3)C3(c5ccccc5-4)c4ccccc4N(c4ccccc4)c4ccccc43)cc2)cc1)c1ccc(-c2ccccc2)cc1. The number of nitrogens with two attached hydrogens (primary N) is 1. The second-order valence-electron chi connectivity index (χ2n) is 17.8. The summed E-state index contributed by atoms with van der Waals surface area (Å²) in [5, 5.41) is 3.67. The smallest absolute Gasteiger partial charge is 0.101 e. The van der Waals surface area contributed by atoms with Crippen LogP contribution < -0.4 is 16.0 Å². The predicted molar refractivity (Wildman–Crippen MR) is 283 cm³/mol. The van der Waals surface area contributed by atoms with Crippen LogP contribution in [0.4, 0.5) is 17.1 Å². The van der Waals surface area contributed by atoms with E-state index >= 15 is 0 Å². The molecule has 1 aliphatic carbocycles. The molecule has 0 amide bonds. The summed E-state index contributed by atoms with van der Waals surface area (Å²) in [6.07, 6.45) is 2.65. The Morgan fingerprint density at radius 2 is 0.882 bits per heavy atom. The first-order valence-electron chi connectivity index (χ1n) is 23.5. The highest BCUT2D eigenvalue weighted by molar-refractivity contribution is 5.96. The molecule has 68 heavy (non-hydrogen) atoms. The van der Waals surface area contributed by atoms with Crippen LogP contribution in [0, 0.1) is 0 Å². The van der Waals surface area contributed by atoms with Crippen molar-refractivity contribution < 1.29 is 0 Å². The summed E-state index contributed by atoms with van der Waals surface area (Å²) in [6, 6.07) is 92.3. The average molecular weight is 872 g/mol. The maximum absolute atomic E-state index is 6.88. The van der Waals surface area contributed by atoms with Crippen LogP contribution in [0.15, 0.2) is 261 Å². The maximum atomic E-state index is 6.88. The summed E-state index contributed by atoms with van der Waals surface area (Å²) < 4.78 is 0.